The molecular weight excluding hydrogens is 445 g/mol. The summed E-state index contributed by atoms with van der Waals surface area (Å²) in [5.74, 6) is -2.96. The van der Waals surface area contributed by atoms with Crippen LogP contribution < -0.4 is 10.4 Å². The Bertz CT molecular complexity index is 1190. The van der Waals surface area contributed by atoms with E-state index in [2.05, 4.69) is 25.6 Å². The van der Waals surface area contributed by atoms with Crippen molar-refractivity contribution in [3.8, 4) is 5.69 Å². The van der Waals surface area contributed by atoms with E-state index in [1.54, 1.807) is 0 Å². The number of nitrogens with one attached hydrogen (secondary N) is 2. The van der Waals surface area contributed by atoms with Gasteiger partial charge in [-0.2, -0.15) is 0 Å². The number of hydrogen-bond donors (Lipinski definition) is 3. The molecule has 8 nitrogen and oxygen atoms in total. The van der Waals surface area contributed by atoms with Gasteiger partial charge in [-0.1, -0.05) is 15.9 Å². The van der Waals surface area contributed by atoms with Crippen LogP contribution in [-0.2, 0) is 10.0 Å². The van der Waals surface area contributed by atoms with Crippen LogP contribution in [0.5, 0.6) is 0 Å². The molecule has 0 saturated heterocycles. The van der Waals surface area contributed by atoms with E-state index in [-0.39, 0.29) is 15.8 Å². The Morgan fingerprint density at radius 3 is 2.44 bits per heavy atom. The summed E-state index contributed by atoms with van der Waals surface area (Å²) in [6.07, 6.45) is 2.96. The van der Waals surface area contributed by atoms with Crippen molar-refractivity contribution in [1.29, 1.82) is 0 Å². The van der Waals surface area contributed by atoms with Crippen LogP contribution in [0.2, 0.25) is 0 Å². The normalized spacial score (nSPS) is 11.3. The van der Waals surface area contributed by atoms with Gasteiger partial charge in [0.15, 0.2) is 5.82 Å². The number of anilines is 1. The zero-order valence-corrected chi connectivity index (χ0v) is 15.7. The fourth-order valence-electron chi connectivity index (χ4n) is 2.34. The van der Waals surface area contributed by atoms with Crippen LogP contribution in [0, 0.1) is 5.82 Å². The molecule has 0 saturated carbocycles. The molecule has 0 aliphatic heterocycles. The van der Waals surface area contributed by atoms with E-state index in [1.165, 1.54) is 41.2 Å². The van der Waals surface area contributed by atoms with Crippen molar-refractivity contribution in [2.24, 2.45) is 0 Å². The quantitative estimate of drug-likeness (QED) is 0.545. The number of aromatic carboxylic acids is 1. The third kappa shape index (κ3) is 3.78. The summed E-state index contributed by atoms with van der Waals surface area (Å²) >= 11 is 2.97. The van der Waals surface area contributed by atoms with Gasteiger partial charge in [-0.25, -0.2) is 22.4 Å². The number of hydrogen-bond acceptors (Lipinski definition) is 4. The van der Waals surface area contributed by atoms with Crippen LogP contribution in [0.4, 0.5) is 10.1 Å². The van der Waals surface area contributed by atoms with Gasteiger partial charge in [-0.05, 0) is 36.4 Å². The lowest BCUT2D eigenvalue weighted by molar-refractivity contribution is 0.0691. The number of carboxylic acids is 1. The number of halogens is 2. The number of aromatic nitrogens is 2. The molecule has 0 radical (unpaired) electrons. The molecule has 0 atom stereocenters. The Hall–Kier alpha value is -2.92. The molecule has 3 rings (SSSR count). The number of benzene rings is 2. The molecule has 3 aromatic rings. The van der Waals surface area contributed by atoms with Gasteiger partial charge in [0.2, 0.25) is 0 Å². The van der Waals surface area contributed by atoms with Gasteiger partial charge in [0.25, 0.3) is 10.0 Å². The minimum absolute atomic E-state index is 0.101. The molecule has 11 heteroatoms. The van der Waals surface area contributed by atoms with E-state index >= 15 is 0 Å². The number of sulfonamides is 1. The molecular formula is C16H11BrFN3O5S. The molecule has 3 N–H and O–H groups in total. The molecule has 0 spiro atoms. The Morgan fingerprint density at radius 1 is 1.22 bits per heavy atom. The monoisotopic (exact) mass is 455 g/mol. The fourth-order valence-corrected chi connectivity index (χ4v) is 4.13. The Labute approximate surface area is 160 Å². The summed E-state index contributed by atoms with van der Waals surface area (Å²) in [5, 5.41) is 9.01. The van der Waals surface area contributed by atoms with Gasteiger partial charge in [0.1, 0.15) is 4.90 Å². The molecule has 1 aromatic heterocycles. The highest BCUT2D eigenvalue weighted by Crippen LogP contribution is 2.26. The van der Waals surface area contributed by atoms with E-state index < -0.39 is 32.3 Å². The van der Waals surface area contributed by atoms with E-state index in [1.807, 2.05) is 0 Å². The third-order valence-corrected chi connectivity index (χ3v) is 5.41. The average molecular weight is 456 g/mol. The number of carboxylic acid groups (broad SMARTS) is 1. The van der Waals surface area contributed by atoms with Crippen molar-refractivity contribution in [2.45, 2.75) is 4.90 Å². The second-order valence-electron chi connectivity index (χ2n) is 5.36. The summed E-state index contributed by atoms with van der Waals surface area (Å²) < 4.78 is 42.9. The third-order valence-electron chi connectivity index (χ3n) is 3.57. The first kappa shape index (κ1) is 18.9. The van der Waals surface area contributed by atoms with Crippen molar-refractivity contribution < 1.29 is 22.7 Å². The van der Waals surface area contributed by atoms with Crippen LogP contribution >= 0.6 is 15.9 Å². The highest BCUT2D eigenvalue weighted by atomic mass is 79.9. The summed E-state index contributed by atoms with van der Waals surface area (Å²) in [6.45, 7) is 0. The molecule has 0 fully saturated rings. The first-order valence-corrected chi connectivity index (χ1v) is 9.58. The van der Waals surface area contributed by atoms with Crippen LogP contribution in [0.1, 0.15) is 10.4 Å². The van der Waals surface area contributed by atoms with E-state index in [4.69, 9.17) is 5.11 Å². The molecule has 0 aliphatic carbocycles. The molecule has 0 aliphatic rings. The second-order valence-corrected chi connectivity index (χ2v) is 7.92. The number of H-pyrrole nitrogens is 1. The van der Waals surface area contributed by atoms with Crippen molar-refractivity contribution in [3.63, 3.8) is 0 Å². The first-order valence-electron chi connectivity index (χ1n) is 7.30. The highest BCUT2D eigenvalue weighted by molar-refractivity contribution is 9.10. The van der Waals surface area contributed by atoms with E-state index in [0.717, 1.165) is 12.1 Å². The lowest BCUT2D eigenvalue weighted by Gasteiger charge is -2.11. The predicted octanol–water partition coefficient (Wildman–Crippen LogP) is 2.57. The van der Waals surface area contributed by atoms with Crippen LogP contribution in [0.15, 0.2) is 63.0 Å². The molecule has 0 unspecified atom stereocenters. The summed E-state index contributed by atoms with van der Waals surface area (Å²) in [6, 6.07) is 7.71. The van der Waals surface area contributed by atoms with Crippen LogP contribution in [-0.4, -0.2) is 29.0 Å². The minimum Gasteiger partial charge on any atom is -0.478 e. The van der Waals surface area contributed by atoms with Crippen LogP contribution in [0.3, 0.4) is 0 Å². The maximum atomic E-state index is 14.3. The van der Waals surface area contributed by atoms with Gasteiger partial charge in [0.05, 0.1) is 11.3 Å². The highest BCUT2D eigenvalue weighted by Gasteiger charge is 2.25. The van der Waals surface area contributed by atoms with E-state index in [9.17, 15) is 22.4 Å². The van der Waals surface area contributed by atoms with Gasteiger partial charge >= 0.3 is 11.7 Å². The maximum absolute atomic E-state index is 14.3. The first-order chi connectivity index (χ1) is 12.7. The number of imidazole rings is 1. The van der Waals surface area contributed by atoms with Crippen molar-refractivity contribution in [1.82, 2.24) is 9.55 Å². The van der Waals surface area contributed by atoms with Crippen molar-refractivity contribution in [2.75, 3.05) is 4.72 Å². The molecule has 0 amide bonds. The van der Waals surface area contributed by atoms with Gasteiger partial charge in [-0.3, -0.25) is 9.29 Å². The number of rotatable bonds is 5. The van der Waals surface area contributed by atoms with Gasteiger partial charge in [0, 0.05) is 22.6 Å². The summed E-state index contributed by atoms with van der Waals surface area (Å²) in [5.41, 5.74) is -0.530. The molecule has 2 aromatic carbocycles. The SMILES string of the molecule is O=C(O)c1cc(Br)cc(S(=O)(=O)Nc2ccc(-n3cc[nH]c3=O)cc2)c1F. The molecule has 140 valence electrons. The van der Waals surface area contributed by atoms with E-state index in [0.29, 0.717) is 5.69 Å². The average Bonchev–Trinajstić information content (AvgIpc) is 3.02. The topological polar surface area (TPSA) is 121 Å². The number of nitrogens with zero attached hydrogens (tertiary/aromatic N) is 1. The largest absolute Gasteiger partial charge is 0.478 e. The van der Waals surface area contributed by atoms with Crippen molar-refractivity contribution in [3.05, 3.63) is 75.1 Å². The molecule has 0 bridgehead atoms. The second kappa shape index (κ2) is 7.00. The van der Waals surface area contributed by atoms with Crippen LogP contribution in [0.25, 0.3) is 5.69 Å². The lowest BCUT2D eigenvalue weighted by Crippen LogP contribution is -2.17. The molecule has 1 heterocycles. The summed E-state index contributed by atoms with van der Waals surface area (Å²) in [7, 11) is -4.39. The Balaban J connectivity index is 1.95. The minimum atomic E-state index is -4.39. The van der Waals surface area contributed by atoms with Gasteiger partial charge < -0.3 is 10.1 Å². The predicted molar refractivity (Wildman–Crippen MR) is 98.3 cm³/mol. The summed E-state index contributed by atoms with van der Waals surface area (Å²) in [4.78, 5) is 24.3. The zero-order chi connectivity index (χ0) is 19.8. The standard InChI is InChI=1S/C16H11BrFN3O5S/c17-9-7-12(15(22)23)14(18)13(8-9)27(25,26)20-10-1-3-11(4-2-10)21-6-5-19-16(21)24/h1-8,20H,(H,19,24)(H,22,23). The number of carbonyl (C=O) groups is 1. The smallest absolute Gasteiger partial charge is 0.338 e. The lowest BCUT2D eigenvalue weighted by atomic mass is 10.2. The molecule has 27 heavy (non-hydrogen) atoms. The Kier molecular flexibility index (Phi) is 4.89. The number of aromatic amines is 1. The Morgan fingerprint density at radius 2 is 1.89 bits per heavy atom. The zero-order valence-electron chi connectivity index (χ0n) is 13.3. The maximum Gasteiger partial charge on any atom is 0.338 e. The van der Waals surface area contributed by atoms with Gasteiger partial charge in [-0.15, -0.1) is 0 Å². The fraction of sp³-hybridized carbons (Fsp3) is 0. The van der Waals surface area contributed by atoms with Crippen molar-refractivity contribution >= 4 is 37.6 Å².